The highest BCUT2D eigenvalue weighted by molar-refractivity contribution is 6.31. The van der Waals surface area contributed by atoms with Crippen molar-refractivity contribution >= 4 is 34.2 Å². The molecule has 2 aromatic rings. The van der Waals surface area contributed by atoms with Gasteiger partial charge in [-0.1, -0.05) is 11.6 Å². The normalized spacial score (nSPS) is 16.9. The van der Waals surface area contributed by atoms with Crippen LogP contribution in [0.2, 0.25) is 5.02 Å². The van der Waals surface area contributed by atoms with Gasteiger partial charge in [0.25, 0.3) is 0 Å². The van der Waals surface area contributed by atoms with Crippen molar-refractivity contribution in [1.29, 1.82) is 0 Å². The molecule has 21 heavy (non-hydrogen) atoms. The number of benzene rings is 1. The number of rotatable bonds is 3. The molecule has 0 unspecified atom stereocenters. The lowest BCUT2D eigenvalue weighted by Gasteiger charge is -2.35. The van der Waals surface area contributed by atoms with E-state index in [2.05, 4.69) is 26.6 Å². The van der Waals surface area contributed by atoms with Crippen LogP contribution in [0.5, 0.6) is 0 Å². The van der Waals surface area contributed by atoms with E-state index in [1.807, 2.05) is 0 Å². The summed E-state index contributed by atoms with van der Waals surface area (Å²) in [6.07, 6.45) is 0.641. The Morgan fingerprint density at radius 2 is 1.95 bits per heavy atom. The Hall–Kier alpha value is -1.04. The lowest BCUT2D eigenvalue weighted by molar-refractivity contribution is 0.287. The first-order valence-corrected chi connectivity index (χ1v) is 7.87. The number of nitrogens with zero attached hydrogens (tertiary/aromatic N) is 4. The molecule has 1 fully saturated rings. The van der Waals surface area contributed by atoms with Crippen LogP contribution in [0.15, 0.2) is 12.1 Å². The van der Waals surface area contributed by atoms with Crippen LogP contribution < -0.4 is 5.01 Å². The number of fused-ring (bicyclic) bond motifs is 1. The Morgan fingerprint density at radius 3 is 2.62 bits per heavy atom. The van der Waals surface area contributed by atoms with Crippen molar-refractivity contribution in [2.75, 3.05) is 44.1 Å². The third kappa shape index (κ3) is 2.82. The molecule has 0 saturated carbocycles. The number of aromatic nitrogens is 2. The van der Waals surface area contributed by atoms with E-state index in [9.17, 15) is 4.39 Å². The van der Waals surface area contributed by atoms with Crippen molar-refractivity contribution in [2.24, 2.45) is 0 Å². The maximum Gasteiger partial charge on any atom is 0.144 e. The van der Waals surface area contributed by atoms with Crippen LogP contribution in [0.1, 0.15) is 5.82 Å². The molecule has 0 bridgehead atoms. The van der Waals surface area contributed by atoms with E-state index in [0.717, 1.165) is 37.5 Å². The summed E-state index contributed by atoms with van der Waals surface area (Å²) < 4.78 is 15.7. The third-order valence-corrected chi connectivity index (χ3v) is 4.30. The first-order chi connectivity index (χ1) is 10.1. The first kappa shape index (κ1) is 14.9. The molecule has 2 heterocycles. The molecule has 0 amide bonds. The fourth-order valence-electron chi connectivity index (χ4n) is 2.67. The smallest absolute Gasteiger partial charge is 0.144 e. The van der Waals surface area contributed by atoms with Gasteiger partial charge >= 0.3 is 0 Å². The number of piperazine rings is 1. The molecule has 0 N–H and O–H groups in total. The number of alkyl halides is 1. The second-order valence-electron chi connectivity index (χ2n) is 5.29. The summed E-state index contributed by atoms with van der Waals surface area (Å²) in [4.78, 5) is 6.80. The van der Waals surface area contributed by atoms with E-state index in [1.54, 1.807) is 6.07 Å². The number of imidazole rings is 1. The minimum absolute atomic E-state index is 0.121. The first-order valence-electron chi connectivity index (χ1n) is 6.96. The van der Waals surface area contributed by atoms with Crippen LogP contribution in [0.3, 0.4) is 0 Å². The summed E-state index contributed by atoms with van der Waals surface area (Å²) in [7, 11) is 2.11. The van der Waals surface area contributed by atoms with Crippen LogP contribution >= 0.6 is 23.2 Å². The standard InChI is InChI=1S/C14H17Cl2FN4/c1-19-4-6-20(7-5-19)21-13-8-10(16)11(17)9-12(13)18-14(21)2-3-15/h8-9H,2-7H2,1H3. The molecule has 1 saturated heterocycles. The monoisotopic (exact) mass is 330 g/mol. The highest BCUT2D eigenvalue weighted by Gasteiger charge is 2.21. The van der Waals surface area contributed by atoms with Crippen molar-refractivity contribution in [2.45, 2.75) is 6.42 Å². The van der Waals surface area contributed by atoms with Gasteiger partial charge in [0.05, 0.1) is 16.1 Å². The minimum atomic E-state index is -0.440. The zero-order chi connectivity index (χ0) is 15.0. The number of hydrogen-bond acceptors (Lipinski definition) is 3. The number of aryl methyl sites for hydroxylation is 1. The van der Waals surface area contributed by atoms with Gasteiger partial charge in [0.2, 0.25) is 0 Å². The van der Waals surface area contributed by atoms with E-state index in [-0.39, 0.29) is 5.02 Å². The minimum Gasteiger partial charge on any atom is -0.308 e. The number of halogens is 3. The number of hydrogen-bond donors (Lipinski definition) is 0. The molecular formula is C14H17Cl2FN4. The molecule has 7 heteroatoms. The quantitative estimate of drug-likeness (QED) is 0.808. The maximum atomic E-state index is 13.6. The van der Waals surface area contributed by atoms with E-state index in [4.69, 9.17) is 23.2 Å². The summed E-state index contributed by atoms with van der Waals surface area (Å²) in [5.74, 6) is 0.892. The Labute approximate surface area is 133 Å². The van der Waals surface area contributed by atoms with Gasteiger partial charge in [-0.2, -0.15) is 0 Å². The van der Waals surface area contributed by atoms with Crippen LogP contribution in [-0.4, -0.2) is 53.7 Å². The van der Waals surface area contributed by atoms with Crippen LogP contribution in [0, 0.1) is 5.82 Å². The Balaban J connectivity index is 2.09. The lowest BCUT2D eigenvalue weighted by Crippen LogP contribution is -2.50. The molecule has 0 atom stereocenters. The largest absolute Gasteiger partial charge is 0.308 e. The van der Waals surface area contributed by atoms with Gasteiger partial charge in [-0.25, -0.2) is 14.1 Å². The van der Waals surface area contributed by atoms with Crippen molar-refractivity contribution < 1.29 is 4.39 Å². The van der Waals surface area contributed by atoms with Crippen molar-refractivity contribution in [1.82, 2.24) is 14.6 Å². The van der Waals surface area contributed by atoms with Crippen LogP contribution in [-0.2, 0) is 6.42 Å². The van der Waals surface area contributed by atoms with Crippen molar-refractivity contribution in [3.05, 3.63) is 28.8 Å². The van der Waals surface area contributed by atoms with Crippen LogP contribution in [0.4, 0.5) is 4.39 Å². The lowest BCUT2D eigenvalue weighted by atomic mass is 10.3. The van der Waals surface area contributed by atoms with Gasteiger partial charge < -0.3 is 9.91 Å². The zero-order valence-corrected chi connectivity index (χ0v) is 13.3. The van der Waals surface area contributed by atoms with Crippen molar-refractivity contribution in [3.63, 3.8) is 0 Å². The molecular weight excluding hydrogens is 314 g/mol. The predicted octanol–water partition coefficient (Wildman–Crippen LogP) is 2.49. The van der Waals surface area contributed by atoms with E-state index in [0.29, 0.717) is 17.8 Å². The molecule has 0 aliphatic carbocycles. The summed E-state index contributed by atoms with van der Waals surface area (Å²) in [5.41, 5.74) is 1.46. The Kier molecular flexibility index (Phi) is 4.24. The summed E-state index contributed by atoms with van der Waals surface area (Å²) in [5, 5.41) is 2.35. The SMILES string of the molecule is CN1CCN(n2c(CCCl)nc3cc(F)c(Cl)cc32)CC1. The molecule has 114 valence electrons. The molecule has 1 aromatic heterocycles. The predicted molar refractivity (Wildman–Crippen MR) is 84.6 cm³/mol. The number of likely N-dealkylation sites (N-methyl/N-ethyl adjacent to an activating group) is 1. The molecule has 3 rings (SSSR count). The molecule has 1 aromatic carbocycles. The average molecular weight is 331 g/mol. The molecule has 1 aliphatic rings. The highest BCUT2D eigenvalue weighted by Crippen LogP contribution is 2.25. The van der Waals surface area contributed by atoms with Gasteiger partial charge in [0, 0.05) is 44.5 Å². The van der Waals surface area contributed by atoms with Gasteiger partial charge in [-0.05, 0) is 13.1 Å². The van der Waals surface area contributed by atoms with Crippen molar-refractivity contribution in [3.8, 4) is 0 Å². The highest BCUT2D eigenvalue weighted by atomic mass is 35.5. The second-order valence-corrected chi connectivity index (χ2v) is 6.08. The fraction of sp³-hybridized carbons (Fsp3) is 0.500. The fourth-order valence-corrected chi connectivity index (χ4v) is 3.00. The Bertz CT molecular complexity index is 650. The molecule has 0 radical (unpaired) electrons. The topological polar surface area (TPSA) is 24.3 Å². The summed E-state index contributed by atoms with van der Waals surface area (Å²) >= 11 is 11.8. The zero-order valence-electron chi connectivity index (χ0n) is 11.8. The van der Waals surface area contributed by atoms with Crippen LogP contribution in [0.25, 0.3) is 11.0 Å². The molecule has 1 aliphatic heterocycles. The molecule has 4 nitrogen and oxygen atoms in total. The van der Waals surface area contributed by atoms with Gasteiger partial charge in [-0.15, -0.1) is 11.6 Å². The average Bonchev–Trinajstić information content (AvgIpc) is 2.78. The second kappa shape index (κ2) is 5.99. The van der Waals surface area contributed by atoms with Gasteiger partial charge in [0.15, 0.2) is 0 Å². The van der Waals surface area contributed by atoms with E-state index < -0.39 is 5.82 Å². The van der Waals surface area contributed by atoms with Gasteiger partial charge in [0.1, 0.15) is 11.6 Å². The summed E-state index contributed by atoms with van der Waals surface area (Å²) in [6.45, 7) is 3.75. The molecule has 0 spiro atoms. The Morgan fingerprint density at radius 1 is 1.24 bits per heavy atom. The van der Waals surface area contributed by atoms with E-state index >= 15 is 0 Å². The summed E-state index contributed by atoms with van der Waals surface area (Å²) in [6, 6.07) is 3.04. The maximum absolute atomic E-state index is 13.6. The van der Waals surface area contributed by atoms with E-state index in [1.165, 1.54) is 6.07 Å². The van der Waals surface area contributed by atoms with Gasteiger partial charge in [-0.3, -0.25) is 0 Å². The third-order valence-electron chi connectivity index (χ3n) is 3.82.